The van der Waals surface area contributed by atoms with Crippen molar-refractivity contribution in [3.8, 4) is 5.75 Å². The SMILES string of the molecule is Cc1ccc(Cl)c(OCc2ccc(C(=O)Nc3cc(C)n(Cc4ccc(F)cc4Cl)n3)cc2)c1. The summed E-state index contributed by atoms with van der Waals surface area (Å²) in [5.41, 5.74) is 4.02. The number of anilines is 1. The van der Waals surface area contributed by atoms with Crippen LogP contribution in [0.5, 0.6) is 5.75 Å². The number of hydrogen-bond donors (Lipinski definition) is 1. The maximum atomic E-state index is 13.3. The lowest BCUT2D eigenvalue weighted by Crippen LogP contribution is -2.13. The number of hydrogen-bond acceptors (Lipinski definition) is 3. The molecule has 1 heterocycles. The molecule has 4 rings (SSSR count). The number of ether oxygens (including phenoxy) is 1. The molecule has 0 fully saturated rings. The van der Waals surface area contributed by atoms with Crippen molar-refractivity contribution < 1.29 is 13.9 Å². The van der Waals surface area contributed by atoms with Gasteiger partial charge in [-0.05, 0) is 66.9 Å². The minimum atomic E-state index is -0.393. The van der Waals surface area contributed by atoms with Crippen molar-refractivity contribution in [3.05, 3.63) is 111 Å². The van der Waals surface area contributed by atoms with Crippen LogP contribution in [0.2, 0.25) is 10.0 Å². The van der Waals surface area contributed by atoms with Crippen molar-refractivity contribution in [3.63, 3.8) is 0 Å². The highest BCUT2D eigenvalue weighted by molar-refractivity contribution is 6.32. The van der Waals surface area contributed by atoms with Gasteiger partial charge in [-0.2, -0.15) is 5.10 Å². The van der Waals surface area contributed by atoms with Crippen LogP contribution in [0.3, 0.4) is 0 Å². The van der Waals surface area contributed by atoms with Crippen molar-refractivity contribution in [2.24, 2.45) is 0 Å². The minimum absolute atomic E-state index is 0.279. The number of halogens is 3. The molecular weight excluding hydrogens is 476 g/mol. The van der Waals surface area contributed by atoms with Gasteiger partial charge in [0.2, 0.25) is 0 Å². The van der Waals surface area contributed by atoms with Crippen molar-refractivity contribution in [1.29, 1.82) is 0 Å². The van der Waals surface area contributed by atoms with Gasteiger partial charge in [-0.1, -0.05) is 47.5 Å². The van der Waals surface area contributed by atoms with Gasteiger partial charge in [0, 0.05) is 22.3 Å². The van der Waals surface area contributed by atoms with E-state index in [4.69, 9.17) is 27.9 Å². The Morgan fingerprint density at radius 2 is 1.76 bits per heavy atom. The van der Waals surface area contributed by atoms with Gasteiger partial charge < -0.3 is 10.1 Å². The third kappa shape index (κ3) is 5.76. The molecule has 0 aliphatic heterocycles. The summed E-state index contributed by atoms with van der Waals surface area (Å²) in [6, 6.07) is 18.7. The molecule has 34 heavy (non-hydrogen) atoms. The lowest BCUT2D eigenvalue weighted by atomic mass is 10.1. The predicted octanol–water partition coefficient (Wildman–Crippen LogP) is 6.83. The molecule has 1 aromatic heterocycles. The van der Waals surface area contributed by atoms with E-state index < -0.39 is 5.82 Å². The topological polar surface area (TPSA) is 56.1 Å². The van der Waals surface area contributed by atoms with Crippen LogP contribution in [0.4, 0.5) is 10.2 Å². The smallest absolute Gasteiger partial charge is 0.256 e. The van der Waals surface area contributed by atoms with Gasteiger partial charge in [0.25, 0.3) is 5.91 Å². The van der Waals surface area contributed by atoms with Crippen LogP contribution in [0.25, 0.3) is 0 Å². The molecule has 0 saturated heterocycles. The number of aryl methyl sites for hydroxylation is 2. The summed E-state index contributed by atoms with van der Waals surface area (Å²) in [5.74, 6) is 0.368. The van der Waals surface area contributed by atoms with E-state index in [1.807, 2.05) is 38.1 Å². The number of carbonyl (C=O) groups excluding carboxylic acids is 1. The van der Waals surface area contributed by atoms with Crippen LogP contribution in [-0.2, 0) is 13.2 Å². The van der Waals surface area contributed by atoms with Gasteiger partial charge in [0.1, 0.15) is 18.2 Å². The second-order valence-corrected chi connectivity index (χ2v) is 8.75. The molecule has 0 spiro atoms. The Morgan fingerprint density at radius 1 is 1.00 bits per heavy atom. The zero-order chi connectivity index (χ0) is 24.2. The Labute approximate surface area is 207 Å². The van der Waals surface area contributed by atoms with Crippen molar-refractivity contribution in [2.75, 3.05) is 5.32 Å². The van der Waals surface area contributed by atoms with Crippen LogP contribution < -0.4 is 10.1 Å². The van der Waals surface area contributed by atoms with E-state index in [1.165, 1.54) is 12.1 Å². The molecule has 0 aliphatic carbocycles. The summed E-state index contributed by atoms with van der Waals surface area (Å²) >= 11 is 12.3. The molecule has 0 saturated carbocycles. The second kappa shape index (κ2) is 10.3. The van der Waals surface area contributed by atoms with Crippen LogP contribution >= 0.6 is 23.2 Å². The van der Waals surface area contributed by atoms with Gasteiger partial charge in [0.05, 0.1) is 11.6 Å². The summed E-state index contributed by atoms with van der Waals surface area (Å²) in [7, 11) is 0. The molecule has 0 aliphatic rings. The van der Waals surface area contributed by atoms with Crippen LogP contribution in [0.1, 0.15) is 32.7 Å². The Hall–Kier alpha value is -3.35. The number of amides is 1. The fourth-order valence-corrected chi connectivity index (χ4v) is 3.76. The largest absolute Gasteiger partial charge is 0.487 e. The third-order valence-corrected chi connectivity index (χ3v) is 5.92. The molecule has 0 atom stereocenters. The number of benzene rings is 3. The number of rotatable bonds is 7. The fraction of sp³-hybridized carbons (Fsp3) is 0.154. The van der Waals surface area contributed by atoms with Gasteiger partial charge >= 0.3 is 0 Å². The van der Waals surface area contributed by atoms with E-state index in [1.54, 1.807) is 35.0 Å². The Morgan fingerprint density at radius 3 is 2.50 bits per heavy atom. The predicted molar refractivity (Wildman–Crippen MR) is 132 cm³/mol. The lowest BCUT2D eigenvalue weighted by molar-refractivity contribution is 0.102. The molecule has 8 heteroatoms. The monoisotopic (exact) mass is 497 g/mol. The molecule has 3 aromatic carbocycles. The molecule has 5 nitrogen and oxygen atoms in total. The quantitative estimate of drug-likeness (QED) is 0.304. The highest BCUT2D eigenvalue weighted by atomic mass is 35.5. The number of carbonyl (C=O) groups is 1. The zero-order valence-corrected chi connectivity index (χ0v) is 20.1. The van der Waals surface area contributed by atoms with E-state index in [9.17, 15) is 9.18 Å². The van der Waals surface area contributed by atoms with Gasteiger partial charge in [-0.25, -0.2) is 4.39 Å². The molecule has 1 amide bonds. The van der Waals surface area contributed by atoms with E-state index >= 15 is 0 Å². The van der Waals surface area contributed by atoms with Crippen molar-refractivity contribution in [2.45, 2.75) is 27.0 Å². The van der Waals surface area contributed by atoms with Crippen LogP contribution in [0, 0.1) is 19.7 Å². The average molecular weight is 498 g/mol. The lowest BCUT2D eigenvalue weighted by Gasteiger charge is -2.09. The Kier molecular flexibility index (Phi) is 7.20. The average Bonchev–Trinajstić information content (AvgIpc) is 3.15. The number of nitrogens with one attached hydrogen (secondary N) is 1. The van der Waals surface area contributed by atoms with Gasteiger partial charge in [-0.3, -0.25) is 9.48 Å². The van der Waals surface area contributed by atoms with E-state index in [0.717, 1.165) is 22.4 Å². The maximum Gasteiger partial charge on any atom is 0.256 e. The molecule has 0 radical (unpaired) electrons. The first-order chi connectivity index (χ1) is 16.3. The molecular formula is C26H22Cl2FN3O2. The van der Waals surface area contributed by atoms with Gasteiger partial charge in [-0.15, -0.1) is 0 Å². The summed E-state index contributed by atoms with van der Waals surface area (Å²) in [6.07, 6.45) is 0. The number of nitrogens with zero attached hydrogens (tertiary/aromatic N) is 2. The standard InChI is InChI=1S/C26H22Cl2FN3O2/c1-16-3-10-22(27)24(11-16)34-15-18-4-6-19(7-5-18)26(33)30-25-12-17(2)32(31-25)14-20-8-9-21(29)13-23(20)28/h3-13H,14-15H2,1-2H3,(H,30,31,33). The summed E-state index contributed by atoms with van der Waals surface area (Å²) < 4.78 is 20.8. The highest BCUT2D eigenvalue weighted by Gasteiger charge is 2.12. The number of aromatic nitrogens is 2. The van der Waals surface area contributed by atoms with Crippen molar-refractivity contribution in [1.82, 2.24) is 9.78 Å². The molecule has 4 aromatic rings. The van der Waals surface area contributed by atoms with E-state index in [0.29, 0.717) is 40.3 Å². The molecule has 1 N–H and O–H groups in total. The fourth-order valence-electron chi connectivity index (χ4n) is 3.37. The Balaban J connectivity index is 1.38. The normalized spacial score (nSPS) is 10.9. The first-order valence-electron chi connectivity index (χ1n) is 10.6. The molecule has 174 valence electrons. The summed E-state index contributed by atoms with van der Waals surface area (Å²) in [5, 5.41) is 8.12. The first-order valence-corrected chi connectivity index (χ1v) is 11.3. The third-order valence-electron chi connectivity index (χ3n) is 5.26. The zero-order valence-electron chi connectivity index (χ0n) is 18.6. The summed E-state index contributed by atoms with van der Waals surface area (Å²) in [4.78, 5) is 12.7. The van der Waals surface area contributed by atoms with Crippen LogP contribution in [-0.4, -0.2) is 15.7 Å². The first kappa shape index (κ1) is 23.8. The van der Waals surface area contributed by atoms with E-state index in [2.05, 4.69) is 10.4 Å². The van der Waals surface area contributed by atoms with Crippen molar-refractivity contribution >= 4 is 34.9 Å². The summed E-state index contributed by atoms with van der Waals surface area (Å²) in [6.45, 7) is 4.54. The van der Waals surface area contributed by atoms with E-state index in [-0.39, 0.29) is 5.91 Å². The maximum absolute atomic E-state index is 13.3. The second-order valence-electron chi connectivity index (χ2n) is 7.94. The highest BCUT2D eigenvalue weighted by Crippen LogP contribution is 2.26. The molecule has 0 unspecified atom stereocenters. The minimum Gasteiger partial charge on any atom is -0.487 e. The molecule has 0 bridgehead atoms. The Bertz CT molecular complexity index is 1340. The van der Waals surface area contributed by atoms with Crippen LogP contribution in [0.15, 0.2) is 66.7 Å². The van der Waals surface area contributed by atoms with Gasteiger partial charge in [0.15, 0.2) is 5.82 Å².